The summed E-state index contributed by atoms with van der Waals surface area (Å²) < 4.78 is 2.87. The normalized spacial score (nSPS) is 13.3. The summed E-state index contributed by atoms with van der Waals surface area (Å²) in [5.74, 6) is 1.06. The minimum atomic E-state index is 0.338. The first kappa shape index (κ1) is 13.4. The summed E-state index contributed by atoms with van der Waals surface area (Å²) in [5, 5.41) is 7.27. The highest BCUT2D eigenvalue weighted by Crippen LogP contribution is 2.20. The molecule has 1 aromatic rings. The highest BCUT2D eigenvalue weighted by molar-refractivity contribution is 7.71. The molecule has 0 fully saturated rings. The SMILES string of the molecule is CCCCn1c(C(CC)N(C)C)n[nH]c1=S. The summed E-state index contributed by atoms with van der Waals surface area (Å²) in [5.41, 5.74) is 0. The van der Waals surface area contributed by atoms with Gasteiger partial charge in [0.2, 0.25) is 0 Å². The van der Waals surface area contributed by atoms with Crippen molar-refractivity contribution in [3.05, 3.63) is 10.6 Å². The van der Waals surface area contributed by atoms with Gasteiger partial charge in [0.05, 0.1) is 6.04 Å². The first-order valence-corrected chi connectivity index (χ1v) is 6.34. The Kier molecular flexibility index (Phi) is 5.15. The predicted molar refractivity (Wildman–Crippen MR) is 69.0 cm³/mol. The third-order valence-electron chi connectivity index (χ3n) is 2.83. The molecule has 0 aliphatic rings. The molecule has 0 amide bonds. The van der Waals surface area contributed by atoms with Crippen LogP contribution in [0.2, 0.25) is 0 Å². The maximum absolute atomic E-state index is 5.27. The zero-order valence-corrected chi connectivity index (χ0v) is 11.5. The van der Waals surface area contributed by atoms with Gasteiger partial charge in [-0.3, -0.25) is 10.00 Å². The third-order valence-corrected chi connectivity index (χ3v) is 3.14. The molecule has 0 saturated carbocycles. The Labute approximate surface area is 103 Å². The Hall–Kier alpha value is -0.680. The Balaban J connectivity index is 2.98. The number of hydrogen-bond acceptors (Lipinski definition) is 3. The first-order chi connectivity index (χ1) is 7.61. The van der Waals surface area contributed by atoms with Crippen molar-refractivity contribution in [2.45, 2.75) is 45.7 Å². The molecular weight excluding hydrogens is 220 g/mol. The molecule has 1 heterocycles. The molecule has 0 aromatic carbocycles. The highest BCUT2D eigenvalue weighted by atomic mass is 32.1. The van der Waals surface area contributed by atoms with Crippen LogP contribution in [0.5, 0.6) is 0 Å². The molecule has 1 aromatic heterocycles. The van der Waals surface area contributed by atoms with E-state index in [0.717, 1.165) is 30.0 Å². The van der Waals surface area contributed by atoms with Gasteiger partial charge in [-0.1, -0.05) is 20.3 Å². The van der Waals surface area contributed by atoms with Crippen LogP contribution in [0, 0.1) is 4.77 Å². The molecule has 0 bridgehead atoms. The minimum absolute atomic E-state index is 0.338. The van der Waals surface area contributed by atoms with Crippen molar-refractivity contribution in [2.24, 2.45) is 0 Å². The van der Waals surface area contributed by atoms with Crippen molar-refractivity contribution in [1.29, 1.82) is 0 Å². The second-order valence-corrected chi connectivity index (χ2v) is 4.67. The number of hydrogen-bond donors (Lipinski definition) is 1. The lowest BCUT2D eigenvalue weighted by atomic mass is 10.2. The van der Waals surface area contributed by atoms with E-state index in [2.05, 4.69) is 47.6 Å². The van der Waals surface area contributed by atoms with Crippen molar-refractivity contribution in [2.75, 3.05) is 14.1 Å². The number of H-pyrrole nitrogens is 1. The van der Waals surface area contributed by atoms with E-state index in [4.69, 9.17) is 12.2 Å². The number of aromatic nitrogens is 3. The maximum atomic E-state index is 5.27. The molecule has 92 valence electrons. The molecule has 16 heavy (non-hydrogen) atoms. The van der Waals surface area contributed by atoms with Gasteiger partial charge in [0, 0.05) is 6.54 Å². The van der Waals surface area contributed by atoms with Gasteiger partial charge in [-0.25, -0.2) is 0 Å². The van der Waals surface area contributed by atoms with Gasteiger partial charge in [-0.15, -0.1) is 0 Å². The van der Waals surface area contributed by atoms with Crippen molar-refractivity contribution in [3.8, 4) is 0 Å². The van der Waals surface area contributed by atoms with Gasteiger partial charge < -0.3 is 4.57 Å². The summed E-state index contributed by atoms with van der Waals surface area (Å²) in [7, 11) is 4.16. The highest BCUT2D eigenvalue weighted by Gasteiger charge is 2.18. The lowest BCUT2D eigenvalue weighted by Crippen LogP contribution is -2.23. The van der Waals surface area contributed by atoms with E-state index >= 15 is 0 Å². The van der Waals surface area contributed by atoms with Crippen LogP contribution >= 0.6 is 12.2 Å². The van der Waals surface area contributed by atoms with E-state index < -0.39 is 0 Å². The van der Waals surface area contributed by atoms with Crippen molar-refractivity contribution in [1.82, 2.24) is 19.7 Å². The maximum Gasteiger partial charge on any atom is 0.195 e. The number of nitrogens with one attached hydrogen (secondary N) is 1. The molecule has 0 radical (unpaired) electrons. The summed E-state index contributed by atoms with van der Waals surface area (Å²) in [6.07, 6.45) is 3.36. The molecule has 1 atom stereocenters. The average Bonchev–Trinajstić information content (AvgIpc) is 2.58. The molecule has 1 N–H and O–H groups in total. The second kappa shape index (κ2) is 6.15. The van der Waals surface area contributed by atoms with Crippen molar-refractivity contribution in [3.63, 3.8) is 0 Å². The van der Waals surface area contributed by atoms with Crippen LogP contribution in [0.1, 0.15) is 45.0 Å². The number of aromatic amines is 1. The molecular formula is C11H22N4S. The van der Waals surface area contributed by atoms with Gasteiger partial charge in [-0.05, 0) is 39.2 Å². The molecule has 1 rings (SSSR count). The summed E-state index contributed by atoms with van der Waals surface area (Å²) >= 11 is 5.27. The zero-order chi connectivity index (χ0) is 12.1. The summed E-state index contributed by atoms with van der Waals surface area (Å²) in [6.45, 7) is 5.32. The molecule has 1 unspecified atom stereocenters. The topological polar surface area (TPSA) is 36.9 Å². The Morgan fingerprint density at radius 3 is 2.62 bits per heavy atom. The standard InChI is InChI=1S/C11H22N4S/c1-5-7-8-15-10(12-13-11(15)16)9(6-2)14(3)4/h9H,5-8H2,1-4H3,(H,13,16). The lowest BCUT2D eigenvalue weighted by molar-refractivity contribution is 0.271. The van der Waals surface area contributed by atoms with Gasteiger partial charge >= 0.3 is 0 Å². The zero-order valence-electron chi connectivity index (χ0n) is 10.7. The fourth-order valence-corrected chi connectivity index (χ4v) is 2.13. The molecule has 4 nitrogen and oxygen atoms in total. The Morgan fingerprint density at radius 1 is 1.44 bits per heavy atom. The van der Waals surface area contributed by atoms with Gasteiger partial charge in [-0.2, -0.15) is 5.10 Å². The van der Waals surface area contributed by atoms with Crippen LogP contribution in [0.25, 0.3) is 0 Å². The van der Waals surface area contributed by atoms with E-state index in [9.17, 15) is 0 Å². The Bertz CT molecular complexity index is 366. The minimum Gasteiger partial charge on any atom is -0.303 e. The van der Waals surface area contributed by atoms with Crippen LogP contribution in [0.3, 0.4) is 0 Å². The summed E-state index contributed by atoms with van der Waals surface area (Å²) in [6, 6.07) is 0.338. The average molecular weight is 242 g/mol. The van der Waals surface area contributed by atoms with Crippen LogP contribution in [0.15, 0.2) is 0 Å². The van der Waals surface area contributed by atoms with E-state index in [1.165, 1.54) is 6.42 Å². The van der Waals surface area contributed by atoms with Crippen molar-refractivity contribution >= 4 is 12.2 Å². The largest absolute Gasteiger partial charge is 0.303 e. The number of rotatable bonds is 6. The smallest absolute Gasteiger partial charge is 0.195 e. The lowest BCUT2D eigenvalue weighted by Gasteiger charge is -2.22. The fourth-order valence-electron chi connectivity index (χ4n) is 1.90. The molecule has 0 aliphatic heterocycles. The van der Waals surface area contributed by atoms with E-state index in [1.54, 1.807) is 0 Å². The number of nitrogens with zero attached hydrogens (tertiary/aromatic N) is 3. The van der Waals surface area contributed by atoms with Gasteiger partial charge in [0.1, 0.15) is 5.82 Å². The van der Waals surface area contributed by atoms with E-state index in [1.807, 2.05) is 0 Å². The van der Waals surface area contributed by atoms with E-state index in [-0.39, 0.29) is 0 Å². The monoisotopic (exact) mass is 242 g/mol. The quantitative estimate of drug-likeness (QED) is 0.779. The third kappa shape index (κ3) is 2.92. The number of unbranched alkanes of at least 4 members (excludes halogenated alkanes) is 1. The molecule has 0 aliphatic carbocycles. The molecule has 0 saturated heterocycles. The van der Waals surface area contributed by atoms with E-state index in [0.29, 0.717) is 6.04 Å². The summed E-state index contributed by atoms with van der Waals surface area (Å²) in [4.78, 5) is 2.19. The van der Waals surface area contributed by atoms with Crippen LogP contribution in [-0.2, 0) is 6.54 Å². The fraction of sp³-hybridized carbons (Fsp3) is 0.818. The van der Waals surface area contributed by atoms with Crippen LogP contribution < -0.4 is 0 Å². The van der Waals surface area contributed by atoms with Gasteiger partial charge in [0.25, 0.3) is 0 Å². The molecule has 5 heteroatoms. The van der Waals surface area contributed by atoms with Gasteiger partial charge in [0.15, 0.2) is 4.77 Å². The van der Waals surface area contributed by atoms with Crippen LogP contribution in [-0.4, -0.2) is 33.8 Å². The van der Waals surface area contributed by atoms with Crippen molar-refractivity contribution < 1.29 is 0 Å². The Morgan fingerprint density at radius 2 is 2.12 bits per heavy atom. The second-order valence-electron chi connectivity index (χ2n) is 4.28. The van der Waals surface area contributed by atoms with Crippen LogP contribution in [0.4, 0.5) is 0 Å². The first-order valence-electron chi connectivity index (χ1n) is 5.93. The molecule has 0 spiro atoms. The predicted octanol–water partition coefficient (Wildman–Crippen LogP) is 2.75.